The average Bonchev–Trinajstić information content (AvgIpc) is 2.91. The number of hydrogen-bond acceptors (Lipinski definition) is 7. The van der Waals surface area contributed by atoms with Gasteiger partial charge in [-0.15, -0.1) is 0 Å². The fourth-order valence-corrected chi connectivity index (χ4v) is 5.68. The van der Waals surface area contributed by atoms with Crippen LogP contribution >= 0.6 is 0 Å². The Morgan fingerprint density at radius 1 is 0.512 bits per heavy atom. The lowest BCUT2D eigenvalue weighted by Crippen LogP contribution is -2.35. The van der Waals surface area contributed by atoms with E-state index < -0.39 is 32.1 Å². The number of rotatable bonds is 10. The Balaban J connectivity index is 1.25. The van der Waals surface area contributed by atoms with Gasteiger partial charge in [0.1, 0.15) is 11.5 Å². The lowest BCUT2D eigenvalue weighted by atomic mass is 10.2. The topological polar surface area (TPSA) is 160 Å². The molecule has 0 atom stereocenters. The molecule has 4 N–H and O–H groups in total. The number of carbonyl (C=O) groups excluding carboxylic acids is 2. The fraction of sp³-hybridized carbons (Fsp3) is 0.0714. The van der Waals surface area contributed by atoms with Gasteiger partial charge in [-0.05, 0) is 59.7 Å². The third-order valence-corrected chi connectivity index (χ3v) is 7.78. The minimum absolute atomic E-state index is 0.333. The summed E-state index contributed by atoms with van der Waals surface area (Å²) in [5, 5.41) is 4.91. The van der Waals surface area contributed by atoms with Crippen molar-refractivity contribution in [2.75, 3.05) is 10.6 Å². The minimum atomic E-state index is -3.88. The molecule has 41 heavy (non-hydrogen) atoms. The highest BCUT2D eigenvalue weighted by Gasteiger charge is 2.17. The second kappa shape index (κ2) is 13.0. The summed E-state index contributed by atoms with van der Waals surface area (Å²) in [7, 11) is -7.77. The van der Waals surface area contributed by atoms with Crippen LogP contribution in [0.2, 0.25) is 0 Å². The molecule has 0 spiro atoms. The lowest BCUT2D eigenvalue weighted by Gasteiger charge is -2.11. The molecule has 0 saturated carbocycles. The summed E-state index contributed by atoms with van der Waals surface area (Å²) in [5.74, 6) is 0.192. The molecular weight excluding hydrogens is 568 g/mol. The van der Waals surface area contributed by atoms with E-state index in [4.69, 9.17) is 4.74 Å². The third-order valence-electron chi connectivity index (χ3n) is 5.36. The first-order valence-corrected chi connectivity index (χ1v) is 15.4. The standard InChI is InChI=1S/C28H26N4O7S2/c33-27(31-40(35,36)19-21-7-3-1-4-8-21)29-23-11-15-25(16-12-23)39-26-17-13-24(14-18-26)30-28(34)32-41(37,38)20-22-9-5-2-6-10-22/h1-18H,19-20H2,(H2,29,31,33)(H2,30,32,34). The van der Waals surface area contributed by atoms with E-state index in [9.17, 15) is 26.4 Å². The predicted molar refractivity (Wildman–Crippen MR) is 155 cm³/mol. The quantitative estimate of drug-likeness (QED) is 0.206. The minimum Gasteiger partial charge on any atom is -0.457 e. The molecule has 0 heterocycles. The van der Waals surface area contributed by atoms with Gasteiger partial charge in [0.15, 0.2) is 0 Å². The molecule has 0 bridgehead atoms. The van der Waals surface area contributed by atoms with E-state index in [1.165, 1.54) is 24.3 Å². The zero-order chi connectivity index (χ0) is 29.3. The first-order chi connectivity index (χ1) is 19.6. The first-order valence-electron chi connectivity index (χ1n) is 12.1. The highest BCUT2D eigenvalue weighted by molar-refractivity contribution is 7.89. The van der Waals surface area contributed by atoms with Crippen molar-refractivity contribution < 1.29 is 31.2 Å². The summed E-state index contributed by atoms with van der Waals surface area (Å²) in [4.78, 5) is 24.3. The van der Waals surface area contributed by atoms with E-state index in [1.807, 2.05) is 9.44 Å². The summed E-state index contributed by atoms with van der Waals surface area (Å²) in [6, 6.07) is 27.6. The van der Waals surface area contributed by atoms with E-state index >= 15 is 0 Å². The van der Waals surface area contributed by atoms with E-state index in [0.29, 0.717) is 34.0 Å². The van der Waals surface area contributed by atoms with Gasteiger partial charge < -0.3 is 15.4 Å². The van der Waals surface area contributed by atoms with Crippen LogP contribution in [0.4, 0.5) is 21.0 Å². The smallest absolute Gasteiger partial charge is 0.332 e. The van der Waals surface area contributed by atoms with Gasteiger partial charge in [0.2, 0.25) is 20.0 Å². The van der Waals surface area contributed by atoms with Crippen molar-refractivity contribution in [2.45, 2.75) is 11.5 Å². The van der Waals surface area contributed by atoms with Crippen molar-refractivity contribution in [3.05, 3.63) is 120 Å². The Labute approximate surface area is 237 Å². The van der Waals surface area contributed by atoms with E-state index in [2.05, 4.69) is 10.6 Å². The molecule has 0 aliphatic heterocycles. The average molecular weight is 595 g/mol. The number of anilines is 2. The number of ether oxygens (including phenoxy) is 1. The van der Waals surface area contributed by atoms with E-state index in [-0.39, 0.29) is 11.5 Å². The summed E-state index contributed by atoms with van der Waals surface area (Å²) in [6.07, 6.45) is 0. The molecule has 0 radical (unpaired) electrons. The predicted octanol–water partition coefficient (Wildman–Crippen LogP) is 4.78. The highest BCUT2D eigenvalue weighted by atomic mass is 32.2. The number of hydrogen-bond donors (Lipinski definition) is 4. The van der Waals surface area contributed by atoms with Crippen LogP contribution < -0.4 is 24.8 Å². The Morgan fingerprint density at radius 2 is 0.854 bits per heavy atom. The lowest BCUT2D eigenvalue weighted by molar-refractivity contribution is 0.255. The van der Waals surface area contributed by atoms with Crippen molar-refractivity contribution in [1.82, 2.24) is 9.44 Å². The van der Waals surface area contributed by atoms with Gasteiger partial charge in [-0.1, -0.05) is 60.7 Å². The highest BCUT2D eigenvalue weighted by Crippen LogP contribution is 2.24. The molecule has 4 amide bonds. The Morgan fingerprint density at radius 3 is 1.20 bits per heavy atom. The maximum absolute atomic E-state index is 12.2. The molecule has 4 aromatic carbocycles. The molecule has 0 aliphatic carbocycles. The Bertz CT molecular complexity index is 1570. The molecule has 0 saturated heterocycles. The van der Waals surface area contributed by atoms with Crippen LogP contribution in [0.1, 0.15) is 11.1 Å². The van der Waals surface area contributed by atoms with Gasteiger partial charge in [0.05, 0.1) is 11.5 Å². The molecule has 11 nitrogen and oxygen atoms in total. The van der Waals surface area contributed by atoms with Crippen molar-refractivity contribution in [1.29, 1.82) is 0 Å². The number of benzene rings is 4. The number of nitrogens with one attached hydrogen (secondary N) is 4. The summed E-state index contributed by atoms with van der Waals surface area (Å²) >= 11 is 0. The van der Waals surface area contributed by atoms with Crippen molar-refractivity contribution in [2.24, 2.45) is 0 Å². The molecule has 4 rings (SSSR count). The molecule has 0 unspecified atom stereocenters. The van der Waals surface area contributed by atoms with Crippen LogP contribution in [0.3, 0.4) is 0 Å². The number of carbonyl (C=O) groups is 2. The van der Waals surface area contributed by atoms with Crippen LogP contribution in [-0.2, 0) is 31.6 Å². The molecule has 13 heteroatoms. The monoisotopic (exact) mass is 594 g/mol. The Kier molecular flexibility index (Phi) is 9.22. The maximum Gasteiger partial charge on any atom is 0.332 e. The van der Waals surface area contributed by atoms with Crippen molar-refractivity contribution >= 4 is 43.5 Å². The SMILES string of the molecule is O=C(Nc1ccc(Oc2ccc(NC(=O)NS(=O)(=O)Cc3ccccc3)cc2)cc1)NS(=O)(=O)Cc1ccccc1. The van der Waals surface area contributed by atoms with Gasteiger partial charge in [-0.2, -0.15) is 0 Å². The van der Waals surface area contributed by atoms with Crippen molar-refractivity contribution in [3.63, 3.8) is 0 Å². The molecule has 4 aromatic rings. The fourth-order valence-electron chi connectivity index (χ4n) is 3.60. The molecule has 212 valence electrons. The van der Waals surface area contributed by atoms with E-state index in [1.54, 1.807) is 84.9 Å². The normalized spacial score (nSPS) is 11.2. The van der Waals surface area contributed by atoms with Gasteiger partial charge >= 0.3 is 12.1 Å². The van der Waals surface area contributed by atoms with Crippen LogP contribution in [0, 0.1) is 0 Å². The van der Waals surface area contributed by atoms with Gasteiger partial charge in [-0.3, -0.25) is 0 Å². The van der Waals surface area contributed by atoms with E-state index in [0.717, 1.165) is 0 Å². The zero-order valence-electron chi connectivity index (χ0n) is 21.5. The van der Waals surface area contributed by atoms with Crippen molar-refractivity contribution in [3.8, 4) is 11.5 Å². The summed E-state index contributed by atoms with van der Waals surface area (Å²) in [6.45, 7) is 0. The summed E-state index contributed by atoms with van der Waals surface area (Å²) in [5.41, 5.74) is 1.79. The number of urea groups is 2. The second-order valence-electron chi connectivity index (χ2n) is 8.75. The van der Waals surface area contributed by atoms with Crippen LogP contribution in [0.15, 0.2) is 109 Å². The molecule has 0 aromatic heterocycles. The second-order valence-corrected chi connectivity index (χ2v) is 12.2. The number of sulfonamides is 2. The molecule has 0 fully saturated rings. The zero-order valence-corrected chi connectivity index (χ0v) is 23.1. The molecular formula is C28H26N4O7S2. The number of amides is 4. The summed E-state index contributed by atoms with van der Waals surface area (Å²) < 4.78 is 58.6. The third kappa shape index (κ3) is 9.67. The van der Waals surface area contributed by atoms with Gasteiger partial charge in [-0.25, -0.2) is 35.9 Å². The van der Waals surface area contributed by atoms with Crippen LogP contribution in [-0.4, -0.2) is 28.9 Å². The largest absolute Gasteiger partial charge is 0.457 e. The first kappa shape index (κ1) is 29.1. The van der Waals surface area contributed by atoms with Gasteiger partial charge in [0.25, 0.3) is 0 Å². The van der Waals surface area contributed by atoms with Gasteiger partial charge in [0, 0.05) is 11.4 Å². The molecule has 0 aliphatic rings. The van der Waals surface area contributed by atoms with Crippen LogP contribution in [0.5, 0.6) is 11.5 Å². The van der Waals surface area contributed by atoms with Crippen LogP contribution in [0.25, 0.3) is 0 Å². The Hall–Kier alpha value is -4.88. The maximum atomic E-state index is 12.2.